The number of hydrogen-bond donors (Lipinski definition) is 1. The lowest BCUT2D eigenvalue weighted by Crippen LogP contribution is -2.44. The molecule has 1 atom stereocenters. The van der Waals surface area contributed by atoms with Crippen molar-refractivity contribution in [3.05, 3.63) is 96.2 Å². The first-order valence-electron chi connectivity index (χ1n) is 12.2. The van der Waals surface area contributed by atoms with E-state index in [1.54, 1.807) is 27.9 Å². The van der Waals surface area contributed by atoms with Crippen LogP contribution in [0.5, 0.6) is 0 Å². The topological polar surface area (TPSA) is 72.2 Å². The van der Waals surface area contributed by atoms with E-state index in [1.807, 2.05) is 53.4 Å². The molecule has 0 bridgehead atoms. The van der Waals surface area contributed by atoms with Gasteiger partial charge in [0.15, 0.2) is 5.82 Å². The number of carbonyl (C=O) groups is 2. The maximum Gasteiger partial charge on any atom is 0.259 e. The lowest BCUT2D eigenvalue weighted by Gasteiger charge is -2.32. The number of likely N-dealkylation sites (tertiary alicyclic amines) is 1. The minimum absolute atomic E-state index is 0.0793. The summed E-state index contributed by atoms with van der Waals surface area (Å²) in [4.78, 5) is 28.4. The van der Waals surface area contributed by atoms with Gasteiger partial charge >= 0.3 is 0 Å². The molecule has 7 nitrogen and oxygen atoms in total. The van der Waals surface area contributed by atoms with Crippen LogP contribution in [0, 0.1) is 11.7 Å². The SMILES string of the molecule is CCc1ccc(NC(=O)[C@H]2CCCN(C(=O)c3cnn(-c4ccc(F)cc4)c3-n3cccc3)C2)cc1. The van der Waals surface area contributed by atoms with E-state index >= 15 is 0 Å². The number of aryl methyl sites for hydroxylation is 1. The van der Waals surface area contributed by atoms with Gasteiger partial charge in [-0.1, -0.05) is 19.1 Å². The maximum atomic E-state index is 13.7. The zero-order chi connectivity index (χ0) is 25.1. The third-order valence-electron chi connectivity index (χ3n) is 6.60. The van der Waals surface area contributed by atoms with E-state index < -0.39 is 0 Å². The van der Waals surface area contributed by atoms with Crippen molar-refractivity contribution in [2.75, 3.05) is 18.4 Å². The highest BCUT2D eigenvalue weighted by Gasteiger charge is 2.31. The fraction of sp³-hybridized carbons (Fsp3) is 0.250. The Kier molecular flexibility index (Phi) is 6.66. The van der Waals surface area contributed by atoms with Crippen molar-refractivity contribution in [1.82, 2.24) is 19.2 Å². The Balaban J connectivity index is 1.37. The molecular weight excluding hydrogens is 457 g/mol. The third-order valence-corrected chi connectivity index (χ3v) is 6.60. The summed E-state index contributed by atoms with van der Waals surface area (Å²) >= 11 is 0. The van der Waals surface area contributed by atoms with E-state index in [0.717, 1.165) is 24.9 Å². The van der Waals surface area contributed by atoms with E-state index in [-0.39, 0.29) is 23.5 Å². The molecule has 2 aromatic heterocycles. The molecule has 1 aliphatic heterocycles. The Labute approximate surface area is 209 Å². The van der Waals surface area contributed by atoms with Crippen LogP contribution in [0.3, 0.4) is 0 Å². The first kappa shape index (κ1) is 23.5. The van der Waals surface area contributed by atoms with Gasteiger partial charge in [0.05, 0.1) is 17.8 Å². The molecule has 4 aromatic rings. The van der Waals surface area contributed by atoms with Gasteiger partial charge in [-0.2, -0.15) is 5.10 Å². The van der Waals surface area contributed by atoms with Gasteiger partial charge < -0.3 is 14.8 Å². The summed E-state index contributed by atoms with van der Waals surface area (Å²) in [5, 5.41) is 7.46. The normalized spacial score (nSPS) is 15.6. The summed E-state index contributed by atoms with van der Waals surface area (Å²) in [6.07, 6.45) is 7.62. The number of anilines is 1. The smallest absolute Gasteiger partial charge is 0.259 e. The van der Waals surface area contributed by atoms with Gasteiger partial charge in [0.2, 0.25) is 5.91 Å². The van der Waals surface area contributed by atoms with Crippen molar-refractivity contribution < 1.29 is 14.0 Å². The maximum absolute atomic E-state index is 13.7. The number of hydrogen-bond acceptors (Lipinski definition) is 3. The molecule has 184 valence electrons. The van der Waals surface area contributed by atoms with Crippen molar-refractivity contribution in [2.24, 2.45) is 5.92 Å². The molecule has 2 amide bonds. The van der Waals surface area contributed by atoms with E-state index in [1.165, 1.54) is 17.7 Å². The van der Waals surface area contributed by atoms with Crippen LogP contribution in [0.1, 0.15) is 35.7 Å². The molecule has 1 fully saturated rings. The summed E-state index contributed by atoms with van der Waals surface area (Å²) in [6.45, 7) is 3.00. The standard InChI is InChI=1S/C28H28FN5O2/c1-2-20-7-11-23(12-8-20)31-26(35)21-6-5-17-33(19-21)28(36)25-18-30-34(24-13-9-22(29)10-14-24)27(25)32-15-3-4-16-32/h3-4,7-16,18,21H,2,5-6,17,19H2,1H3,(H,31,35)/t21-/m0/s1. The summed E-state index contributed by atoms with van der Waals surface area (Å²) < 4.78 is 16.9. The van der Waals surface area contributed by atoms with Crippen molar-refractivity contribution in [3.63, 3.8) is 0 Å². The Morgan fingerprint density at radius 1 is 1.06 bits per heavy atom. The second-order valence-corrected chi connectivity index (χ2v) is 8.99. The summed E-state index contributed by atoms with van der Waals surface area (Å²) in [7, 11) is 0. The summed E-state index contributed by atoms with van der Waals surface area (Å²) in [6, 6.07) is 17.5. The Morgan fingerprint density at radius 3 is 2.47 bits per heavy atom. The summed E-state index contributed by atoms with van der Waals surface area (Å²) in [5.74, 6) is -0.333. The van der Waals surface area contributed by atoms with Crippen molar-refractivity contribution in [2.45, 2.75) is 26.2 Å². The number of benzene rings is 2. The number of amides is 2. The number of halogens is 1. The predicted molar refractivity (Wildman–Crippen MR) is 136 cm³/mol. The number of piperidine rings is 1. The Morgan fingerprint density at radius 2 is 1.78 bits per heavy atom. The van der Waals surface area contributed by atoms with Crippen LogP contribution in [0.2, 0.25) is 0 Å². The fourth-order valence-electron chi connectivity index (χ4n) is 4.60. The third kappa shape index (κ3) is 4.79. The van der Waals surface area contributed by atoms with Crippen LogP contribution in [-0.4, -0.2) is 44.2 Å². The minimum Gasteiger partial charge on any atom is -0.338 e. The molecule has 0 saturated carbocycles. The second-order valence-electron chi connectivity index (χ2n) is 8.99. The number of rotatable bonds is 6. The molecular formula is C28H28FN5O2. The van der Waals surface area contributed by atoms with Crippen LogP contribution >= 0.6 is 0 Å². The monoisotopic (exact) mass is 485 g/mol. The lowest BCUT2D eigenvalue weighted by molar-refractivity contribution is -0.121. The number of nitrogens with zero attached hydrogens (tertiary/aromatic N) is 4. The van der Waals surface area contributed by atoms with Crippen LogP contribution in [-0.2, 0) is 11.2 Å². The highest BCUT2D eigenvalue weighted by Crippen LogP contribution is 2.25. The molecule has 8 heteroatoms. The average Bonchev–Trinajstić information content (AvgIpc) is 3.59. The second kappa shape index (κ2) is 10.2. The van der Waals surface area contributed by atoms with Gasteiger partial charge in [-0.3, -0.25) is 9.59 Å². The Hall–Kier alpha value is -4.20. The largest absolute Gasteiger partial charge is 0.338 e. The molecule has 0 spiro atoms. The van der Waals surface area contributed by atoms with Crippen molar-refractivity contribution >= 4 is 17.5 Å². The van der Waals surface area contributed by atoms with E-state index in [0.29, 0.717) is 30.2 Å². The molecule has 1 N–H and O–H groups in total. The molecule has 0 radical (unpaired) electrons. The van der Waals surface area contributed by atoms with Gasteiger partial charge in [0.25, 0.3) is 5.91 Å². The molecule has 2 aromatic carbocycles. The first-order valence-corrected chi connectivity index (χ1v) is 12.2. The van der Waals surface area contributed by atoms with Gasteiger partial charge in [0.1, 0.15) is 11.4 Å². The molecule has 5 rings (SSSR count). The van der Waals surface area contributed by atoms with E-state index in [9.17, 15) is 14.0 Å². The minimum atomic E-state index is -0.344. The quantitative estimate of drug-likeness (QED) is 0.424. The zero-order valence-electron chi connectivity index (χ0n) is 20.1. The number of nitrogens with one attached hydrogen (secondary N) is 1. The fourth-order valence-corrected chi connectivity index (χ4v) is 4.60. The van der Waals surface area contributed by atoms with Gasteiger partial charge in [-0.25, -0.2) is 9.07 Å². The van der Waals surface area contributed by atoms with Crippen LogP contribution < -0.4 is 5.32 Å². The van der Waals surface area contributed by atoms with Gasteiger partial charge in [-0.05, 0) is 73.4 Å². The molecule has 0 aliphatic carbocycles. The molecule has 36 heavy (non-hydrogen) atoms. The van der Waals surface area contributed by atoms with Crippen LogP contribution in [0.4, 0.5) is 10.1 Å². The highest BCUT2D eigenvalue weighted by atomic mass is 19.1. The Bertz CT molecular complexity index is 1340. The van der Waals surface area contributed by atoms with Crippen LogP contribution in [0.15, 0.2) is 79.3 Å². The molecule has 3 heterocycles. The van der Waals surface area contributed by atoms with Gasteiger partial charge in [-0.15, -0.1) is 0 Å². The van der Waals surface area contributed by atoms with E-state index in [2.05, 4.69) is 17.3 Å². The van der Waals surface area contributed by atoms with Crippen LogP contribution in [0.25, 0.3) is 11.5 Å². The first-order chi connectivity index (χ1) is 17.5. The molecule has 0 unspecified atom stereocenters. The van der Waals surface area contributed by atoms with Crippen molar-refractivity contribution in [3.8, 4) is 11.5 Å². The molecule has 1 aliphatic rings. The number of aromatic nitrogens is 3. The number of carbonyl (C=O) groups excluding carboxylic acids is 2. The lowest BCUT2D eigenvalue weighted by atomic mass is 9.96. The summed E-state index contributed by atoms with van der Waals surface area (Å²) in [5.41, 5.74) is 3.04. The zero-order valence-corrected chi connectivity index (χ0v) is 20.1. The highest BCUT2D eigenvalue weighted by molar-refractivity contribution is 5.98. The predicted octanol–water partition coefficient (Wildman–Crippen LogP) is 4.86. The van der Waals surface area contributed by atoms with Crippen molar-refractivity contribution in [1.29, 1.82) is 0 Å². The van der Waals surface area contributed by atoms with E-state index in [4.69, 9.17) is 0 Å². The molecule has 1 saturated heterocycles. The average molecular weight is 486 g/mol. The van der Waals surface area contributed by atoms with Gasteiger partial charge in [0, 0.05) is 31.2 Å².